The Labute approximate surface area is 163 Å². The second kappa shape index (κ2) is 8.95. The molecule has 2 aromatic carbocycles. The quantitative estimate of drug-likeness (QED) is 0.601. The number of pyridine rings is 1. The lowest BCUT2D eigenvalue weighted by Gasteiger charge is -2.14. The number of carbonyl (C=O) groups is 1. The van der Waals surface area contributed by atoms with E-state index in [0.717, 1.165) is 5.56 Å². The zero-order chi connectivity index (χ0) is 19.9. The molecule has 0 saturated heterocycles. The molecule has 0 aliphatic rings. The predicted molar refractivity (Wildman–Crippen MR) is 107 cm³/mol. The van der Waals surface area contributed by atoms with Crippen LogP contribution in [0, 0.1) is 12.7 Å². The molecule has 0 unspecified atom stereocenters. The summed E-state index contributed by atoms with van der Waals surface area (Å²) >= 11 is 0. The SMILES string of the molecule is Cc1ccc(C=CC(=O)N[C@@H](C)c2cccc(Oc3cccnc3)c2)cc1F. The summed E-state index contributed by atoms with van der Waals surface area (Å²) in [4.78, 5) is 16.2. The highest BCUT2D eigenvalue weighted by atomic mass is 19.1. The van der Waals surface area contributed by atoms with E-state index in [0.29, 0.717) is 22.6 Å². The first kappa shape index (κ1) is 19.3. The monoisotopic (exact) mass is 376 g/mol. The Bertz CT molecular complexity index is 987. The van der Waals surface area contributed by atoms with Gasteiger partial charge in [-0.25, -0.2) is 4.39 Å². The van der Waals surface area contributed by atoms with Crippen molar-refractivity contribution in [3.05, 3.63) is 95.6 Å². The number of ether oxygens (including phenoxy) is 1. The summed E-state index contributed by atoms with van der Waals surface area (Å²) in [5.41, 5.74) is 2.12. The van der Waals surface area contributed by atoms with Gasteiger partial charge in [0.2, 0.25) is 5.91 Å². The van der Waals surface area contributed by atoms with Crippen LogP contribution in [0.2, 0.25) is 0 Å². The molecule has 1 heterocycles. The van der Waals surface area contributed by atoms with Gasteiger partial charge in [0.15, 0.2) is 0 Å². The van der Waals surface area contributed by atoms with Crippen molar-refractivity contribution in [1.29, 1.82) is 0 Å². The topological polar surface area (TPSA) is 51.2 Å². The number of aryl methyl sites for hydroxylation is 1. The zero-order valence-corrected chi connectivity index (χ0v) is 15.7. The van der Waals surface area contributed by atoms with E-state index >= 15 is 0 Å². The Kier molecular flexibility index (Phi) is 6.17. The van der Waals surface area contributed by atoms with E-state index in [1.165, 1.54) is 12.1 Å². The number of halogens is 1. The molecule has 1 N–H and O–H groups in total. The predicted octanol–water partition coefficient (Wildman–Crippen LogP) is 5.21. The number of hydrogen-bond donors (Lipinski definition) is 1. The van der Waals surface area contributed by atoms with Crippen LogP contribution in [0.1, 0.15) is 29.7 Å². The first-order valence-electron chi connectivity index (χ1n) is 8.94. The molecule has 0 saturated carbocycles. The van der Waals surface area contributed by atoms with Gasteiger partial charge in [-0.1, -0.05) is 24.3 Å². The van der Waals surface area contributed by atoms with Crippen molar-refractivity contribution >= 4 is 12.0 Å². The van der Waals surface area contributed by atoms with Gasteiger partial charge in [0, 0.05) is 12.3 Å². The van der Waals surface area contributed by atoms with Crippen molar-refractivity contribution in [2.45, 2.75) is 19.9 Å². The van der Waals surface area contributed by atoms with E-state index < -0.39 is 0 Å². The molecule has 3 rings (SSSR count). The Morgan fingerprint density at radius 1 is 1.14 bits per heavy atom. The molecule has 0 aliphatic carbocycles. The summed E-state index contributed by atoms with van der Waals surface area (Å²) in [6.45, 7) is 3.59. The molecule has 4 nitrogen and oxygen atoms in total. The largest absolute Gasteiger partial charge is 0.456 e. The molecule has 1 aromatic heterocycles. The summed E-state index contributed by atoms with van der Waals surface area (Å²) < 4.78 is 19.4. The second-order valence-electron chi connectivity index (χ2n) is 6.44. The van der Waals surface area contributed by atoms with E-state index in [2.05, 4.69) is 10.3 Å². The van der Waals surface area contributed by atoms with E-state index in [1.807, 2.05) is 37.3 Å². The Morgan fingerprint density at radius 2 is 1.96 bits per heavy atom. The van der Waals surface area contributed by atoms with Crippen molar-refractivity contribution in [2.24, 2.45) is 0 Å². The van der Waals surface area contributed by atoms with Gasteiger partial charge in [-0.15, -0.1) is 0 Å². The first-order chi connectivity index (χ1) is 13.5. The number of carbonyl (C=O) groups excluding carboxylic acids is 1. The van der Waals surface area contributed by atoms with Crippen LogP contribution in [0.3, 0.4) is 0 Å². The fraction of sp³-hybridized carbons (Fsp3) is 0.130. The lowest BCUT2D eigenvalue weighted by atomic mass is 10.1. The van der Waals surface area contributed by atoms with Crippen molar-refractivity contribution in [2.75, 3.05) is 0 Å². The van der Waals surface area contributed by atoms with Gasteiger partial charge in [-0.3, -0.25) is 9.78 Å². The Balaban J connectivity index is 1.62. The highest BCUT2D eigenvalue weighted by molar-refractivity contribution is 5.92. The van der Waals surface area contributed by atoms with Gasteiger partial charge in [-0.2, -0.15) is 0 Å². The minimum Gasteiger partial charge on any atom is -0.456 e. The Hall–Kier alpha value is -3.47. The van der Waals surface area contributed by atoms with Crippen molar-refractivity contribution in [1.82, 2.24) is 10.3 Å². The van der Waals surface area contributed by atoms with Crippen LogP contribution in [0.4, 0.5) is 4.39 Å². The van der Waals surface area contributed by atoms with E-state index in [-0.39, 0.29) is 17.8 Å². The molecule has 5 heteroatoms. The van der Waals surface area contributed by atoms with Crippen LogP contribution in [0.25, 0.3) is 6.08 Å². The van der Waals surface area contributed by atoms with Gasteiger partial charge in [0.25, 0.3) is 0 Å². The third-order valence-corrected chi connectivity index (χ3v) is 4.21. The summed E-state index contributed by atoms with van der Waals surface area (Å²) in [5, 5.41) is 2.90. The lowest BCUT2D eigenvalue weighted by Crippen LogP contribution is -2.24. The zero-order valence-electron chi connectivity index (χ0n) is 15.7. The maximum atomic E-state index is 13.6. The van der Waals surface area contributed by atoms with E-state index in [1.54, 1.807) is 43.6 Å². The number of aromatic nitrogens is 1. The molecule has 142 valence electrons. The number of rotatable bonds is 6. The standard InChI is InChI=1S/C23H21FN2O2/c1-16-8-9-18(13-22(16)24)10-11-23(27)26-17(2)19-5-3-6-20(14-19)28-21-7-4-12-25-15-21/h3-15,17H,1-2H3,(H,26,27)/t17-/m0/s1. The average molecular weight is 376 g/mol. The number of nitrogens with zero attached hydrogens (tertiary/aromatic N) is 1. The molecule has 1 atom stereocenters. The number of nitrogens with one attached hydrogen (secondary N) is 1. The smallest absolute Gasteiger partial charge is 0.244 e. The molecular formula is C23H21FN2O2. The van der Waals surface area contributed by atoms with Crippen LogP contribution in [-0.4, -0.2) is 10.9 Å². The fourth-order valence-corrected chi connectivity index (χ4v) is 2.62. The molecular weight excluding hydrogens is 355 g/mol. The Morgan fingerprint density at radius 3 is 2.71 bits per heavy atom. The third-order valence-electron chi connectivity index (χ3n) is 4.21. The number of hydrogen-bond acceptors (Lipinski definition) is 3. The third kappa shape index (κ3) is 5.27. The normalized spacial score (nSPS) is 12.0. The molecule has 0 bridgehead atoms. The molecule has 0 aliphatic heterocycles. The van der Waals surface area contributed by atoms with E-state index in [9.17, 15) is 9.18 Å². The highest BCUT2D eigenvalue weighted by Gasteiger charge is 2.09. The lowest BCUT2D eigenvalue weighted by molar-refractivity contribution is -0.117. The summed E-state index contributed by atoms with van der Waals surface area (Å²) in [6.07, 6.45) is 6.30. The maximum absolute atomic E-state index is 13.6. The molecule has 0 radical (unpaired) electrons. The van der Waals surface area contributed by atoms with Crippen molar-refractivity contribution in [3.63, 3.8) is 0 Å². The van der Waals surface area contributed by atoms with Crippen molar-refractivity contribution < 1.29 is 13.9 Å². The average Bonchev–Trinajstić information content (AvgIpc) is 2.70. The minimum atomic E-state index is -0.290. The highest BCUT2D eigenvalue weighted by Crippen LogP contribution is 2.24. The van der Waals surface area contributed by atoms with Crippen LogP contribution in [0.5, 0.6) is 11.5 Å². The van der Waals surface area contributed by atoms with Crippen LogP contribution in [0.15, 0.2) is 73.1 Å². The van der Waals surface area contributed by atoms with Gasteiger partial charge < -0.3 is 10.1 Å². The van der Waals surface area contributed by atoms with Crippen LogP contribution >= 0.6 is 0 Å². The van der Waals surface area contributed by atoms with Crippen LogP contribution < -0.4 is 10.1 Å². The number of amides is 1. The van der Waals surface area contributed by atoms with Crippen LogP contribution in [-0.2, 0) is 4.79 Å². The molecule has 1 amide bonds. The minimum absolute atomic E-state index is 0.218. The molecule has 0 spiro atoms. The van der Waals surface area contributed by atoms with Gasteiger partial charge >= 0.3 is 0 Å². The molecule has 0 fully saturated rings. The second-order valence-corrected chi connectivity index (χ2v) is 6.44. The van der Waals surface area contributed by atoms with Gasteiger partial charge in [0.1, 0.15) is 17.3 Å². The summed E-state index contributed by atoms with van der Waals surface area (Å²) in [5.74, 6) is 0.760. The summed E-state index contributed by atoms with van der Waals surface area (Å²) in [7, 11) is 0. The van der Waals surface area contributed by atoms with Gasteiger partial charge in [0.05, 0.1) is 12.2 Å². The first-order valence-corrected chi connectivity index (χ1v) is 8.94. The van der Waals surface area contributed by atoms with Gasteiger partial charge in [-0.05, 0) is 66.9 Å². The summed E-state index contributed by atoms with van der Waals surface area (Å²) in [6, 6.07) is 15.8. The molecule has 3 aromatic rings. The van der Waals surface area contributed by atoms with E-state index in [4.69, 9.17) is 4.74 Å². The number of benzene rings is 2. The fourth-order valence-electron chi connectivity index (χ4n) is 2.62. The van der Waals surface area contributed by atoms with Crippen molar-refractivity contribution in [3.8, 4) is 11.5 Å². The maximum Gasteiger partial charge on any atom is 0.244 e. The molecule has 28 heavy (non-hydrogen) atoms.